The van der Waals surface area contributed by atoms with Crippen molar-refractivity contribution in [1.29, 1.82) is 0 Å². The molecule has 1 aliphatic rings. The standard InChI is InChI=1S/C28H27N3O3/c32-27(30-22-17-19-34-26-13-7-4-10-21(22)26)15-14-24-28(33)31(18-16-20-8-2-1-3-9-20)25-12-6-5-11-23(25)29-24/h1-13,22H,14-19H2,(H,30,32)/t22-/m1/s1. The molecule has 1 atom stereocenters. The number of fused-ring (bicyclic) bond motifs is 2. The van der Waals surface area contributed by atoms with Gasteiger partial charge in [0.25, 0.3) is 5.56 Å². The maximum absolute atomic E-state index is 13.3. The molecule has 172 valence electrons. The molecule has 0 saturated carbocycles. The van der Waals surface area contributed by atoms with Crippen molar-refractivity contribution < 1.29 is 9.53 Å². The number of rotatable bonds is 7. The van der Waals surface area contributed by atoms with E-state index in [1.54, 1.807) is 4.57 Å². The first-order valence-electron chi connectivity index (χ1n) is 11.7. The lowest BCUT2D eigenvalue weighted by Crippen LogP contribution is -2.33. The molecule has 3 aromatic carbocycles. The number of ether oxygens (including phenoxy) is 1. The zero-order chi connectivity index (χ0) is 23.3. The van der Waals surface area contributed by atoms with Crippen LogP contribution < -0.4 is 15.6 Å². The molecule has 1 aliphatic heterocycles. The van der Waals surface area contributed by atoms with Crippen molar-refractivity contribution in [3.63, 3.8) is 0 Å². The van der Waals surface area contributed by atoms with E-state index >= 15 is 0 Å². The number of hydrogen-bond donors (Lipinski definition) is 1. The van der Waals surface area contributed by atoms with Gasteiger partial charge in [0, 0.05) is 31.4 Å². The minimum Gasteiger partial charge on any atom is -0.493 e. The van der Waals surface area contributed by atoms with Crippen LogP contribution in [-0.4, -0.2) is 22.1 Å². The van der Waals surface area contributed by atoms with E-state index in [9.17, 15) is 9.59 Å². The van der Waals surface area contributed by atoms with Gasteiger partial charge < -0.3 is 14.6 Å². The molecule has 2 heterocycles. The molecule has 0 aliphatic carbocycles. The molecule has 0 bridgehead atoms. The van der Waals surface area contributed by atoms with Crippen LogP contribution in [0.2, 0.25) is 0 Å². The van der Waals surface area contributed by atoms with Crippen molar-refractivity contribution in [1.82, 2.24) is 14.9 Å². The number of nitrogens with one attached hydrogen (secondary N) is 1. The summed E-state index contributed by atoms with van der Waals surface area (Å²) in [5, 5.41) is 3.11. The second-order valence-corrected chi connectivity index (χ2v) is 8.53. The highest BCUT2D eigenvalue weighted by Crippen LogP contribution is 2.31. The summed E-state index contributed by atoms with van der Waals surface area (Å²) in [4.78, 5) is 30.7. The Morgan fingerprint density at radius 1 is 0.971 bits per heavy atom. The van der Waals surface area contributed by atoms with Gasteiger partial charge in [-0.25, -0.2) is 4.98 Å². The molecule has 1 N–H and O–H groups in total. The van der Waals surface area contributed by atoms with E-state index < -0.39 is 0 Å². The second-order valence-electron chi connectivity index (χ2n) is 8.53. The normalized spacial score (nSPS) is 14.9. The van der Waals surface area contributed by atoms with Gasteiger partial charge in [-0.1, -0.05) is 60.7 Å². The number of carbonyl (C=O) groups excluding carboxylic acids is 1. The quantitative estimate of drug-likeness (QED) is 0.455. The van der Waals surface area contributed by atoms with Gasteiger partial charge in [0.15, 0.2) is 0 Å². The highest BCUT2D eigenvalue weighted by Gasteiger charge is 2.23. The molecule has 0 unspecified atom stereocenters. The van der Waals surface area contributed by atoms with Crippen molar-refractivity contribution in [2.45, 2.75) is 38.3 Å². The average Bonchev–Trinajstić information content (AvgIpc) is 2.88. The highest BCUT2D eigenvalue weighted by atomic mass is 16.5. The number of carbonyl (C=O) groups is 1. The van der Waals surface area contributed by atoms with E-state index in [-0.39, 0.29) is 23.9 Å². The van der Waals surface area contributed by atoms with Crippen molar-refractivity contribution in [3.05, 3.63) is 106 Å². The van der Waals surface area contributed by atoms with Crippen LogP contribution in [0.3, 0.4) is 0 Å². The summed E-state index contributed by atoms with van der Waals surface area (Å²) in [7, 11) is 0. The van der Waals surface area contributed by atoms with Crippen LogP contribution in [0.15, 0.2) is 83.7 Å². The summed E-state index contributed by atoms with van der Waals surface area (Å²) in [6, 6.07) is 25.5. The first kappa shape index (κ1) is 21.9. The number of aromatic nitrogens is 2. The van der Waals surface area contributed by atoms with Gasteiger partial charge in [-0.3, -0.25) is 9.59 Å². The molecular weight excluding hydrogens is 426 g/mol. The second kappa shape index (κ2) is 9.91. The van der Waals surface area contributed by atoms with Crippen molar-refractivity contribution in [3.8, 4) is 5.75 Å². The lowest BCUT2D eigenvalue weighted by molar-refractivity contribution is -0.122. The van der Waals surface area contributed by atoms with E-state index in [0.29, 0.717) is 25.3 Å². The number of benzene rings is 3. The van der Waals surface area contributed by atoms with Gasteiger partial charge in [0.05, 0.1) is 23.7 Å². The molecule has 1 aromatic heterocycles. The van der Waals surface area contributed by atoms with Crippen LogP contribution in [-0.2, 0) is 24.2 Å². The van der Waals surface area contributed by atoms with Crippen LogP contribution in [0.1, 0.15) is 35.7 Å². The van der Waals surface area contributed by atoms with Crippen molar-refractivity contribution in [2.75, 3.05) is 6.61 Å². The molecule has 6 heteroatoms. The van der Waals surface area contributed by atoms with E-state index in [1.165, 1.54) is 5.56 Å². The number of aryl methyl sites for hydroxylation is 3. The Kier molecular flexibility index (Phi) is 6.38. The molecule has 6 nitrogen and oxygen atoms in total. The summed E-state index contributed by atoms with van der Waals surface area (Å²) < 4.78 is 7.47. The summed E-state index contributed by atoms with van der Waals surface area (Å²) in [6.45, 7) is 1.13. The topological polar surface area (TPSA) is 73.2 Å². The predicted molar refractivity (Wildman–Crippen MR) is 132 cm³/mol. The minimum absolute atomic E-state index is 0.0791. The van der Waals surface area contributed by atoms with Gasteiger partial charge in [0.2, 0.25) is 5.91 Å². The van der Waals surface area contributed by atoms with Crippen LogP contribution >= 0.6 is 0 Å². The number of nitrogens with zero attached hydrogens (tertiary/aromatic N) is 2. The Balaban J connectivity index is 1.32. The van der Waals surface area contributed by atoms with Gasteiger partial charge in [0.1, 0.15) is 11.4 Å². The van der Waals surface area contributed by atoms with Crippen LogP contribution in [0, 0.1) is 0 Å². The third-order valence-corrected chi connectivity index (χ3v) is 6.27. The molecular formula is C28H27N3O3. The zero-order valence-corrected chi connectivity index (χ0v) is 18.9. The Morgan fingerprint density at radius 3 is 2.62 bits per heavy atom. The van der Waals surface area contributed by atoms with E-state index in [2.05, 4.69) is 22.4 Å². The molecule has 0 spiro atoms. The Morgan fingerprint density at radius 2 is 1.74 bits per heavy atom. The number of hydrogen-bond acceptors (Lipinski definition) is 4. The molecule has 4 aromatic rings. The Labute approximate surface area is 198 Å². The lowest BCUT2D eigenvalue weighted by Gasteiger charge is -2.26. The zero-order valence-electron chi connectivity index (χ0n) is 18.9. The largest absolute Gasteiger partial charge is 0.493 e. The number of amides is 1. The molecule has 0 fully saturated rings. The summed E-state index contributed by atoms with van der Waals surface area (Å²) >= 11 is 0. The third-order valence-electron chi connectivity index (χ3n) is 6.27. The lowest BCUT2D eigenvalue weighted by atomic mass is 10.0. The fourth-order valence-corrected chi connectivity index (χ4v) is 4.51. The molecule has 5 rings (SSSR count). The maximum atomic E-state index is 13.3. The van der Waals surface area contributed by atoms with E-state index in [1.807, 2.05) is 66.7 Å². The summed E-state index contributed by atoms with van der Waals surface area (Å²) in [5.41, 5.74) is 4.05. The van der Waals surface area contributed by atoms with Crippen molar-refractivity contribution in [2.24, 2.45) is 0 Å². The fourth-order valence-electron chi connectivity index (χ4n) is 4.51. The van der Waals surface area contributed by atoms with Gasteiger partial charge in [-0.2, -0.15) is 0 Å². The smallest absolute Gasteiger partial charge is 0.272 e. The molecule has 0 saturated heterocycles. The first-order chi connectivity index (χ1) is 16.7. The maximum Gasteiger partial charge on any atom is 0.272 e. The molecule has 34 heavy (non-hydrogen) atoms. The molecule has 1 amide bonds. The SMILES string of the molecule is O=C(CCc1nc2ccccc2n(CCc2ccccc2)c1=O)N[C@@H]1CCOc2ccccc21. The van der Waals surface area contributed by atoms with Crippen LogP contribution in [0.25, 0.3) is 11.0 Å². The fraction of sp³-hybridized carbons (Fsp3) is 0.250. The third kappa shape index (κ3) is 4.71. The van der Waals surface area contributed by atoms with Gasteiger partial charge in [-0.05, 0) is 30.2 Å². The summed E-state index contributed by atoms with van der Waals surface area (Å²) in [5.74, 6) is 0.725. The van der Waals surface area contributed by atoms with Crippen molar-refractivity contribution >= 4 is 16.9 Å². The predicted octanol–water partition coefficient (Wildman–Crippen LogP) is 4.21. The molecule has 0 radical (unpaired) electrons. The van der Waals surface area contributed by atoms with Gasteiger partial charge in [-0.15, -0.1) is 0 Å². The summed E-state index contributed by atoms with van der Waals surface area (Å²) in [6.07, 6.45) is 1.98. The van der Waals surface area contributed by atoms with Gasteiger partial charge >= 0.3 is 0 Å². The number of para-hydroxylation sites is 3. The average molecular weight is 454 g/mol. The van der Waals surface area contributed by atoms with Crippen LogP contribution in [0.4, 0.5) is 0 Å². The Bertz CT molecular complexity index is 1360. The monoisotopic (exact) mass is 453 g/mol. The van der Waals surface area contributed by atoms with Crippen LogP contribution in [0.5, 0.6) is 5.75 Å². The highest BCUT2D eigenvalue weighted by molar-refractivity contribution is 5.77. The Hall–Kier alpha value is -3.93. The van der Waals surface area contributed by atoms with E-state index in [4.69, 9.17) is 4.74 Å². The van der Waals surface area contributed by atoms with E-state index in [0.717, 1.165) is 35.2 Å². The minimum atomic E-state index is -0.126. The first-order valence-corrected chi connectivity index (χ1v) is 11.7.